The van der Waals surface area contributed by atoms with Crippen LogP contribution in [0.1, 0.15) is 15.9 Å². The highest BCUT2D eigenvalue weighted by atomic mass is 16.7. The lowest BCUT2D eigenvalue weighted by Crippen LogP contribution is -2.03. The fourth-order valence-electron chi connectivity index (χ4n) is 1.52. The van der Waals surface area contributed by atoms with Gasteiger partial charge in [-0.15, -0.1) is 0 Å². The van der Waals surface area contributed by atoms with Crippen LogP contribution in [-0.4, -0.2) is 24.7 Å². The molecule has 0 aliphatic rings. The summed E-state index contributed by atoms with van der Waals surface area (Å²) >= 11 is 0. The Morgan fingerprint density at radius 3 is 2.67 bits per heavy atom. The number of hydrogen-bond donors (Lipinski definition) is 0. The molecule has 0 aliphatic carbocycles. The fourth-order valence-corrected chi connectivity index (χ4v) is 1.52. The minimum absolute atomic E-state index is 0.0553. The van der Waals surface area contributed by atoms with Crippen LogP contribution in [0.3, 0.4) is 0 Å². The number of ketones is 1. The van der Waals surface area contributed by atoms with E-state index >= 15 is 0 Å². The third kappa shape index (κ3) is 2.93. The monoisotopic (exact) mass is 243 g/mol. The average molecular weight is 243 g/mol. The van der Waals surface area contributed by atoms with Crippen molar-refractivity contribution in [2.24, 2.45) is 0 Å². The highest BCUT2D eigenvalue weighted by Gasteiger charge is 2.09. The van der Waals surface area contributed by atoms with E-state index in [0.717, 1.165) is 0 Å². The Hall–Kier alpha value is -2.20. The molecule has 0 spiro atoms. The van der Waals surface area contributed by atoms with Gasteiger partial charge < -0.3 is 9.47 Å². The molecule has 4 nitrogen and oxygen atoms in total. The second-order valence-corrected chi connectivity index (χ2v) is 3.64. The molecule has 0 unspecified atom stereocenters. The van der Waals surface area contributed by atoms with Crippen LogP contribution >= 0.6 is 0 Å². The van der Waals surface area contributed by atoms with Gasteiger partial charge in [0.15, 0.2) is 12.6 Å². The summed E-state index contributed by atoms with van der Waals surface area (Å²) in [5, 5.41) is 0. The van der Waals surface area contributed by atoms with E-state index in [1.54, 1.807) is 55.9 Å². The summed E-state index contributed by atoms with van der Waals surface area (Å²) in [5.74, 6) is 0.553. The van der Waals surface area contributed by atoms with Gasteiger partial charge in [-0.2, -0.15) is 0 Å². The average Bonchev–Trinajstić information content (AvgIpc) is 2.45. The zero-order valence-corrected chi connectivity index (χ0v) is 10.00. The molecular weight excluding hydrogens is 230 g/mol. The maximum absolute atomic E-state index is 12.2. The third-order valence-corrected chi connectivity index (χ3v) is 2.38. The molecule has 1 heterocycles. The van der Waals surface area contributed by atoms with Crippen LogP contribution in [0.4, 0.5) is 0 Å². The predicted octanol–water partition coefficient (Wildman–Crippen LogP) is 2.30. The van der Waals surface area contributed by atoms with Gasteiger partial charge in [0.1, 0.15) is 5.75 Å². The number of hydrogen-bond acceptors (Lipinski definition) is 4. The molecule has 0 saturated heterocycles. The predicted molar refractivity (Wildman–Crippen MR) is 66.6 cm³/mol. The third-order valence-electron chi connectivity index (χ3n) is 2.38. The lowest BCUT2D eigenvalue weighted by Gasteiger charge is -2.06. The largest absolute Gasteiger partial charge is 0.468 e. The molecule has 0 atom stereocenters. The van der Waals surface area contributed by atoms with Gasteiger partial charge >= 0.3 is 0 Å². The minimum atomic E-state index is -0.0553. The summed E-state index contributed by atoms with van der Waals surface area (Å²) in [6, 6.07) is 10.4. The molecule has 0 fully saturated rings. The number of rotatable bonds is 5. The zero-order chi connectivity index (χ0) is 12.8. The zero-order valence-electron chi connectivity index (χ0n) is 10.00. The molecule has 4 heteroatoms. The number of ether oxygens (including phenoxy) is 2. The smallest absolute Gasteiger partial charge is 0.193 e. The Labute approximate surface area is 105 Å². The summed E-state index contributed by atoms with van der Waals surface area (Å²) in [6.45, 7) is 0.160. The van der Waals surface area contributed by atoms with Gasteiger partial charge in [0, 0.05) is 30.6 Å². The van der Waals surface area contributed by atoms with Crippen LogP contribution in [0.15, 0.2) is 48.8 Å². The number of methoxy groups -OCH3 is 1. The Morgan fingerprint density at radius 1 is 1.17 bits per heavy atom. The van der Waals surface area contributed by atoms with Crippen LogP contribution in [0.2, 0.25) is 0 Å². The Bertz CT molecular complexity index is 526. The molecule has 0 bridgehead atoms. The minimum Gasteiger partial charge on any atom is -0.468 e. The normalized spacial score (nSPS) is 10.1. The standard InChI is InChI=1S/C14H13NO3/c1-17-10-18-13-4-2-3-12(9-13)14(16)11-5-7-15-8-6-11/h2-9H,10H2,1H3. The van der Waals surface area contributed by atoms with Gasteiger partial charge in [-0.3, -0.25) is 9.78 Å². The first-order chi connectivity index (χ1) is 8.81. The fraction of sp³-hybridized carbons (Fsp3) is 0.143. The van der Waals surface area contributed by atoms with Crippen LogP contribution in [-0.2, 0) is 4.74 Å². The molecule has 18 heavy (non-hydrogen) atoms. The molecule has 0 saturated carbocycles. The molecule has 0 radical (unpaired) electrons. The van der Waals surface area contributed by atoms with E-state index in [1.807, 2.05) is 0 Å². The van der Waals surface area contributed by atoms with Crippen molar-refractivity contribution < 1.29 is 14.3 Å². The number of nitrogens with zero attached hydrogens (tertiary/aromatic N) is 1. The molecule has 0 aliphatic heterocycles. The highest BCUT2D eigenvalue weighted by molar-refractivity contribution is 6.09. The van der Waals surface area contributed by atoms with E-state index in [2.05, 4.69) is 4.98 Å². The van der Waals surface area contributed by atoms with Crippen LogP contribution < -0.4 is 4.74 Å². The van der Waals surface area contributed by atoms with E-state index in [0.29, 0.717) is 16.9 Å². The summed E-state index contributed by atoms with van der Waals surface area (Å²) in [5.41, 5.74) is 1.18. The van der Waals surface area contributed by atoms with Crippen LogP contribution in [0, 0.1) is 0 Å². The van der Waals surface area contributed by atoms with E-state index in [1.165, 1.54) is 0 Å². The molecular formula is C14H13NO3. The number of benzene rings is 1. The molecule has 0 amide bonds. The molecule has 2 rings (SSSR count). The molecule has 1 aromatic heterocycles. The summed E-state index contributed by atoms with van der Waals surface area (Å²) < 4.78 is 10.1. The van der Waals surface area contributed by atoms with Crippen molar-refractivity contribution in [3.05, 3.63) is 59.9 Å². The van der Waals surface area contributed by atoms with E-state index in [9.17, 15) is 4.79 Å². The van der Waals surface area contributed by atoms with Crippen molar-refractivity contribution in [3.8, 4) is 5.75 Å². The van der Waals surface area contributed by atoms with Gasteiger partial charge in [-0.05, 0) is 24.3 Å². The summed E-state index contributed by atoms with van der Waals surface area (Å²) in [6.07, 6.45) is 3.19. The first-order valence-corrected chi connectivity index (χ1v) is 5.48. The van der Waals surface area contributed by atoms with E-state index < -0.39 is 0 Å². The quantitative estimate of drug-likeness (QED) is 0.597. The van der Waals surface area contributed by atoms with Gasteiger partial charge in [0.05, 0.1) is 0 Å². The number of pyridine rings is 1. The second-order valence-electron chi connectivity index (χ2n) is 3.64. The molecule has 92 valence electrons. The Kier molecular flexibility index (Phi) is 4.04. The summed E-state index contributed by atoms with van der Waals surface area (Å²) in [4.78, 5) is 16.0. The molecule has 1 aromatic carbocycles. The van der Waals surface area contributed by atoms with Crippen molar-refractivity contribution in [1.82, 2.24) is 4.98 Å². The van der Waals surface area contributed by atoms with Crippen molar-refractivity contribution in [3.63, 3.8) is 0 Å². The van der Waals surface area contributed by atoms with Crippen molar-refractivity contribution in [1.29, 1.82) is 0 Å². The first kappa shape index (κ1) is 12.3. The van der Waals surface area contributed by atoms with Gasteiger partial charge in [0.2, 0.25) is 0 Å². The Balaban J connectivity index is 2.20. The summed E-state index contributed by atoms with van der Waals surface area (Å²) in [7, 11) is 1.55. The van der Waals surface area contributed by atoms with Crippen LogP contribution in [0.25, 0.3) is 0 Å². The number of aromatic nitrogens is 1. The first-order valence-electron chi connectivity index (χ1n) is 5.48. The van der Waals surface area contributed by atoms with E-state index in [4.69, 9.17) is 9.47 Å². The second kappa shape index (κ2) is 5.93. The molecule has 0 N–H and O–H groups in total. The SMILES string of the molecule is COCOc1cccc(C(=O)c2ccncc2)c1. The van der Waals surface area contributed by atoms with Gasteiger partial charge in [-0.25, -0.2) is 0 Å². The van der Waals surface area contributed by atoms with Crippen molar-refractivity contribution in [2.45, 2.75) is 0 Å². The van der Waals surface area contributed by atoms with E-state index in [-0.39, 0.29) is 12.6 Å². The van der Waals surface area contributed by atoms with Crippen molar-refractivity contribution >= 4 is 5.78 Å². The lowest BCUT2D eigenvalue weighted by molar-refractivity contribution is 0.0510. The maximum Gasteiger partial charge on any atom is 0.193 e. The number of carbonyl (C=O) groups excluding carboxylic acids is 1. The topological polar surface area (TPSA) is 48.4 Å². The maximum atomic E-state index is 12.2. The van der Waals surface area contributed by atoms with Gasteiger partial charge in [0.25, 0.3) is 0 Å². The Morgan fingerprint density at radius 2 is 1.94 bits per heavy atom. The highest BCUT2D eigenvalue weighted by Crippen LogP contribution is 2.16. The number of carbonyl (C=O) groups is 1. The van der Waals surface area contributed by atoms with Crippen LogP contribution in [0.5, 0.6) is 5.75 Å². The lowest BCUT2D eigenvalue weighted by atomic mass is 10.0. The van der Waals surface area contributed by atoms with Crippen molar-refractivity contribution in [2.75, 3.05) is 13.9 Å². The van der Waals surface area contributed by atoms with Gasteiger partial charge in [-0.1, -0.05) is 12.1 Å². The molecule has 2 aromatic rings.